The van der Waals surface area contributed by atoms with E-state index >= 15 is 0 Å². The number of benzene rings is 2. The summed E-state index contributed by atoms with van der Waals surface area (Å²) in [5.74, 6) is -0.296. The van der Waals surface area contributed by atoms with E-state index in [-0.39, 0.29) is 12.4 Å². The molecule has 0 bridgehead atoms. The standard InChI is InChI=1S/C15H14BrFN2O2/c1-21-14-5-3-9(15(18)20)6-13(14)19-8-10-2-4-11(16)7-12(10)17/h2-7,19H,8H2,1H3,(H2,18,20). The van der Waals surface area contributed by atoms with E-state index in [1.54, 1.807) is 30.3 Å². The molecule has 2 rings (SSSR count). The van der Waals surface area contributed by atoms with Crippen molar-refractivity contribution in [1.82, 2.24) is 0 Å². The van der Waals surface area contributed by atoms with Gasteiger partial charge in [0.15, 0.2) is 0 Å². The van der Waals surface area contributed by atoms with Crippen LogP contribution < -0.4 is 15.8 Å². The maximum absolute atomic E-state index is 13.8. The molecule has 21 heavy (non-hydrogen) atoms. The molecule has 4 nitrogen and oxygen atoms in total. The molecule has 0 aromatic heterocycles. The molecular weight excluding hydrogens is 339 g/mol. The maximum Gasteiger partial charge on any atom is 0.248 e. The molecule has 3 N–H and O–H groups in total. The first-order chi connectivity index (χ1) is 10.0. The van der Waals surface area contributed by atoms with E-state index in [2.05, 4.69) is 21.2 Å². The average Bonchev–Trinajstić information content (AvgIpc) is 2.46. The monoisotopic (exact) mass is 352 g/mol. The number of amides is 1. The molecule has 0 saturated carbocycles. The molecule has 0 radical (unpaired) electrons. The highest BCUT2D eigenvalue weighted by molar-refractivity contribution is 9.10. The maximum atomic E-state index is 13.8. The van der Waals surface area contributed by atoms with Crippen LogP contribution in [0.5, 0.6) is 5.75 Å². The van der Waals surface area contributed by atoms with E-state index < -0.39 is 5.91 Å². The third kappa shape index (κ3) is 3.72. The van der Waals surface area contributed by atoms with Crippen molar-refractivity contribution in [2.45, 2.75) is 6.54 Å². The summed E-state index contributed by atoms with van der Waals surface area (Å²) in [7, 11) is 1.52. The Morgan fingerprint density at radius 1 is 1.33 bits per heavy atom. The van der Waals surface area contributed by atoms with E-state index in [9.17, 15) is 9.18 Å². The molecule has 0 fully saturated rings. The molecule has 0 heterocycles. The van der Waals surface area contributed by atoms with Crippen LogP contribution in [0.4, 0.5) is 10.1 Å². The smallest absolute Gasteiger partial charge is 0.248 e. The van der Waals surface area contributed by atoms with E-state index in [0.717, 1.165) is 0 Å². The first-order valence-electron chi connectivity index (χ1n) is 6.17. The zero-order chi connectivity index (χ0) is 15.4. The van der Waals surface area contributed by atoms with Crippen molar-refractivity contribution in [1.29, 1.82) is 0 Å². The lowest BCUT2D eigenvalue weighted by molar-refractivity contribution is 0.100. The van der Waals surface area contributed by atoms with Crippen molar-refractivity contribution in [2.24, 2.45) is 5.73 Å². The van der Waals surface area contributed by atoms with Gasteiger partial charge in [-0.05, 0) is 30.3 Å². The Bertz CT molecular complexity index is 677. The number of primary amides is 1. The quantitative estimate of drug-likeness (QED) is 0.867. The number of ether oxygens (including phenoxy) is 1. The van der Waals surface area contributed by atoms with Gasteiger partial charge in [0.05, 0.1) is 12.8 Å². The molecule has 110 valence electrons. The number of nitrogens with two attached hydrogens (primary N) is 1. The molecule has 2 aromatic carbocycles. The first-order valence-corrected chi connectivity index (χ1v) is 6.96. The van der Waals surface area contributed by atoms with Gasteiger partial charge in [-0.15, -0.1) is 0 Å². The molecule has 1 amide bonds. The number of carbonyl (C=O) groups is 1. The summed E-state index contributed by atoms with van der Waals surface area (Å²) >= 11 is 3.21. The van der Waals surface area contributed by atoms with Crippen LogP contribution in [0, 0.1) is 5.82 Å². The molecule has 0 aliphatic rings. The summed E-state index contributed by atoms with van der Waals surface area (Å²) < 4.78 is 19.6. The van der Waals surface area contributed by atoms with Gasteiger partial charge in [-0.1, -0.05) is 22.0 Å². The highest BCUT2D eigenvalue weighted by Gasteiger charge is 2.09. The molecule has 6 heteroatoms. The van der Waals surface area contributed by atoms with Gasteiger partial charge in [-0.2, -0.15) is 0 Å². The Hall–Kier alpha value is -2.08. The van der Waals surface area contributed by atoms with Crippen LogP contribution in [-0.2, 0) is 6.54 Å². The fourth-order valence-electron chi connectivity index (χ4n) is 1.85. The molecule has 0 spiro atoms. The van der Waals surface area contributed by atoms with Crippen molar-refractivity contribution in [3.05, 3.63) is 57.8 Å². The Kier molecular flexibility index (Phi) is 4.80. The fraction of sp³-hybridized carbons (Fsp3) is 0.133. The van der Waals surface area contributed by atoms with Gasteiger partial charge in [0, 0.05) is 22.1 Å². The first kappa shape index (κ1) is 15.3. The topological polar surface area (TPSA) is 64.3 Å². The second kappa shape index (κ2) is 6.58. The Morgan fingerprint density at radius 2 is 2.10 bits per heavy atom. The molecule has 2 aromatic rings. The minimum Gasteiger partial charge on any atom is -0.495 e. The highest BCUT2D eigenvalue weighted by atomic mass is 79.9. The predicted molar refractivity (Wildman–Crippen MR) is 82.9 cm³/mol. The predicted octanol–water partition coefficient (Wildman–Crippen LogP) is 3.31. The van der Waals surface area contributed by atoms with Crippen LogP contribution in [0.15, 0.2) is 40.9 Å². The van der Waals surface area contributed by atoms with Crippen LogP contribution in [0.1, 0.15) is 15.9 Å². The largest absolute Gasteiger partial charge is 0.495 e. The van der Waals surface area contributed by atoms with Crippen molar-refractivity contribution < 1.29 is 13.9 Å². The minimum atomic E-state index is -0.532. The molecular formula is C15H14BrFN2O2. The summed E-state index contributed by atoms with van der Waals surface area (Å²) in [6.07, 6.45) is 0. The number of carbonyl (C=O) groups excluding carboxylic acids is 1. The van der Waals surface area contributed by atoms with Crippen LogP contribution in [0.3, 0.4) is 0 Å². The van der Waals surface area contributed by atoms with Gasteiger partial charge >= 0.3 is 0 Å². The number of halogens is 2. The number of anilines is 1. The lowest BCUT2D eigenvalue weighted by atomic mass is 10.1. The second-order valence-electron chi connectivity index (χ2n) is 4.37. The summed E-state index contributed by atoms with van der Waals surface area (Å²) in [4.78, 5) is 11.2. The number of nitrogens with one attached hydrogen (secondary N) is 1. The normalized spacial score (nSPS) is 10.2. The molecule has 0 aliphatic heterocycles. The third-order valence-corrected chi connectivity index (χ3v) is 3.46. The summed E-state index contributed by atoms with van der Waals surface area (Å²) in [5, 5.41) is 3.05. The zero-order valence-electron chi connectivity index (χ0n) is 11.3. The van der Waals surface area contributed by atoms with Gasteiger partial charge in [0.1, 0.15) is 11.6 Å². The van der Waals surface area contributed by atoms with Crippen molar-refractivity contribution in [2.75, 3.05) is 12.4 Å². The van der Waals surface area contributed by atoms with Crippen LogP contribution in [-0.4, -0.2) is 13.0 Å². The van der Waals surface area contributed by atoms with E-state index in [1.165, 1.54) is 13.2 Å². The number of methoxy groups -OCH3 is 1. The molecule has 0 unspecified atom stereocenters. The molecule has 0 aliphatic carbocycles. The lowest BCUT2D eigenvalue weighted by Gasteiger charge is -2.12. The fourth-order valence-corrected chi connectivity index (χ4v) is 2.19. The zero-order valence-corrected chi connectivity index (χ0v) is 12.9. The van der Waals surface area contributed by atoms with E-state index in [0.29, 0.717) is 27.0 Å². The number of hydrogen-bond donors (Lipinski definition) is 2. The molecule has 0 atom stereocenters. The van der Waals surface area contributed by atoms with Crippen LogP contribution >= 0.6 is 15.9 Å². The number of rotatable bonds is 5. The third-order valence-electron chi connectivity index (χ3n) is 2.97. The van der Waals surface area contributed by atoms with Crippen molar-refractivity contribution in [3.63, 3.8) is 0 Å². The second-order valence-corrected chi connectivity index (χ2v) is 5.28. The van der Waals surface area contributed by atoms with Crippen molar-refractivity contribution >= 4 is 27.5 Å². The van der Waals surface area contributed by atoms with Crippen LogP contribution in [0.2, 0.25) is 0 Å². The Balaban J connectivity index is 2.22. The summed E-state index contributed by atoms with van der Waals surface area (Å²) in [6, 6.07) is 9.63. The van der Waals surface area contributed by atoms with E-state index in [1.807, 2.05) is 0 Å². The Labute approximate surface area is 130 Å². The van der Waals surface area contributed by atoms with Gasteiger partial charge in [0.2, 0.25) is 5.91 Å². The van der Waals surface area contributed by atoms with Gasteiger partial charge in [-0.25, -0.2) is 4.39 Å². The lowest BCUT2D eigenvalue weighted by Crippen LogP contribution is -2.12. The Morgan fingerprint density at radius 3 is 2.71 bits per heavy atom. The van der Waals surface area contributed by atoms with Gasteiger partial charge < -0.3 is 15.8 Å². The summed E-state index contributed by atoms with van der Waals surface area (Å²) in [5.41, 5.74) is 6.69. The minimum absolute atomic E-state index is 0.262. The molecule has 0 saturated heterocycles. The van der Waals surface area contributed by atoms with E-state index in [4.69, 9.17) is 10.5 Å². The van der Waals surface area contributed by atoms with Crippen molar-refractivity contribution in [3.8, 4) is 5.75 Å². The van der Waals surface area contributed by atoms with Gasteiger partial charge in [0.25, 0.3) is 0 Å². The highest BCUT2D eigenvalue weighted by Crippen LogP contribution is 2.26. The SMILES string of the molecule is COc1ccc(C(N)=O)cc1NCc1ccc(Br)cc1F. The average molecular weight is 353 g/mol. The number of hydrogen-bond acceptors (Lipinski definition) is 3. The summed E-state index contributed by atoms with van der Waals surface area (Å²) in [6.45, 7) is 0.262. The van der Waals surface area contributed by atoms with Gasteiger partial charge in [-0.3, -0.25) is 4.79 Å². The van der Waals surface area contributed by atoms with Crippen LogP contribution in [0.25, 0.3) is 0 Å².